The minimum Gasteiger partial charge on any atom is -0.490 e. The van der Waals surface area contributed by atoms with Crippen molar-refractivity contribution in [2.24, 2.45) is 0 Å². The van der Waals surface area contributed by atoms with E-state index in [2.05, 4.69) is 11.9 Å². The second-order valence-electron chi connectivity index (χ2n) is 8.93. The summed E-state index contributed by atoms with van der Waals surface area (Å²) in [4.78, 5) is 18.3. The van der Waals surface area contributed by atoms with E-state index in [0.717, 1.165) is 35.1 Å². The molecule has 3 unspecified atom stereocenters. The standard InChI is InChI=1S/C23H31FN2O2.CH4/c1-15(2)28-20-8-4-7-19-22(20)18(14-25-19)16(3)12-21(27)26-11-10-23(24)9-5-6-17(26)13-23;/h4,7-8,14-17,25H,5-6,9-13H2,1-3H3;1H4. The summed E-state index contributed by atoms with van der Waals surface area (Å²) >= 11 is 0. The van der Waals surface area contributed by atoms with Crippen LogP contribution in [0.3, 0.4) is 0 Å². The van der Waals surface area contributed by atoms with Gasteiger partial charge in [-0.05, 0) is 63.1 Å². The molecule has 4 nitrogen and oxygen atoms in total. The normalized spacial score (nSPS) is 25.0. The van der Waals surface area contributed by atoms with Gasteiger partial charge in [0.25, 0.3) is 0 Å². The summed E-state index contributed by atoms with van der Waals surface area (Å²) in [6.07, 6.45) is 6.03. The Bertz CT molecular complexity index is 862. The molecule has 2 fully saturated rings. The number of halogens is 1. The molecule has 1 aromatic heterocycles. The number of hydrogen-bond donors (Lipinski definition) is 1. The summed E-state index contributed by atoms with van der Waals surface area (Å²) in [7, 11) is 0. The molecule has 1 saturated heterocycles. The smallest absolute Gasteiger partial charge is 0.223 e. The minimum atomic E-state index is -1.04. The van der Waals surface area contributed by atoms with Crippen LogP contribution in [0.15, 0.2) is 24.4 Å². The van der Waals surface area contributed by atoms with Crippen LogP contribution in [0.1, 0.15) is 78.2 Å². The Morgan fingerprint density at radius 1 is 1.34 bits per heavy atom. The van der Waals surface area contributed by atoms with Crippen molar-refractivity contribution >= 4 is 16.8 Å². The van der Waals surface area contributed by atoms with Crippen LogP contribution in [0.25, 0.3) is 10.9 Å². The van der Waals surface area contributed by atoms with Gasteiger partial charge in [0.15, 0.2) is 0 Å². The number of nitrogens with zero attached hydrogens (tertiary/aromatic N) is 1. The summed E-state index contributed by atoms with van der Waals surface area (Å²) < 4.78 is 20.7. The highest BCUT2D eigenvalue weighted by Crippen LogP contribution is 2.42. The van der Waals surface area contributed by atoms with Crippen molar-refractivity contribution in [1.29, 1.82) is 0 Å². The molecule has 1 saturated carbocycles. The molecular formula is C24H35FN2O2. The molecule has 1 aliphatic heterocycles. The summed E-state index contributed by atoms with van der Waals surface area (Å²) in [5, 5.41) is 1.07. The maximum absolute atomic E-state index is 14.7. The van der Waals surface area contributed by atoms with E-state index < -0.39 is 5.67 Å². The van der Waals surface area contributed by atoms with E-state index in [4.69, 9.17) is 4.74 Å². The Hall–Kier alpha value is -2.04. The number of alkyl halides is 1. The second kappa shape index (κ2) is 8.37. The average molecular weight is 403 g/mol. The van der Waals surface area contributed by atoms with Gasteiger partial charge in [0.1, 0.15) is 11.4 Å². The number of ether oxygens (including phenoxy) is 1. The Kier molecular flexibility index (Phi) is 6.25. The van der Waals surface area contributed by atoms with Gasteiger partial charge in [0.2, 0.25) is 5.91 Å². The zero-order valence-electron chi connectivity index (χ0n) is 17.1. The maximum atomic E-state index is 14.7. The number of carbonyl (C=O) groups excluding carboxylic acids is 1. The third-order valence-electron chi connectivity index (χ3n) is 6.40. The highest BCUT2D eigenvalue weighted by molar-refractivity contribution is 5.90. The molecule has 5 heteroatoms. The number of likely N-dealkylation sites (tertiary alicyclic amines) is 1. The number of fused-ring (bicyclic) bond motifs is 3. The molecule has 2 aliphatic rings. The Morgan fingerprint density at radius 2 is 2.14 bits per heavy atom. The van der Waals surface area contributed by atoms with Crippen molar-refractivity contribution in [2.75, 3.05) is 6.54 Å². The van der Waals surface area contributed by atoms with E-state index in [0.29, 0.717) is 32.2 Å². The molecule has 2 bridgehead atoms. The molecule has 0 radical (unpaired) electrons. The number of benzene rings is 1. The lowest BCUT2D eigenvalue weighted by atomic mass is 9.77. The summed E-state index contributed by atoms with van der Waals surface area (Å²) in [6, 6.07) is 6.08. The number of rotatable bonds is 5. The van der Waals surface area contributed by atoms with Gasteiger partial charge in [-0.1, -0.05) is 20.4 Å². The molecule has 0 spiro atoms. The quantitative estimate of drug-likeness (QED) is 0.670. The largest absolute Gasteiger partial charge is 0.490 e. The first-order chi connectivity index (χ1) is 13.4. The van der Waals surface area contributed by atoms with Gasteiger partial charge in [-0.25, -0.2) is 4.39 Å². The maximum Gasteiger partial charge on any atom is 0.223 e. The molecule has 2 aromatic rings. The number of H-pyrrole nitrogens is 1. The lowest BCUT2D eigenvalue weighted by molar-refractivity contribution is -0.140. The van der Waals surface area contributed by atoms with E-state index in [-0.39, 0.29) is 31.4 Å². The van der Waals surface area contributed by atoms with Crippen molar-refractivity contribution in [3.63, 3.8) is 0 Å². The fourth-order valence-electron chi connectivity index (χ4n) is 5.01. The fraction of sp³-hybridized carbons (Fsp3) is 0.625. The van der Waals surface area contributed by atoms with Gasteiger partial charge in [0, 0.05) is 42.5 Å². The molecule has 160 valence electrons. The number of aromatic amines is 1. The van der Waals surface area contributed by atoms with Crippen LogP contribution < -0.4 is 4.74 Å². The Labute approximate surface area is 173 Å². The molecule has 2 heterocycles. The lowest BCUT2D eigenvalue weighted by Crippen LogP contribution is -2.53. The molecule has 4 rings (SSSR count). The van der Waals surface area contributed by atoms with Crippen LogP contribution in [0.4, 0.5) is 4.39 Å². The van der Waals surface area contributed by atoms with Gasteiger partial charge >= 0.3 is 0 Å². The summed E-state index contributed by atoms with van der Waals surface area (Å²) in [5.41, 5.74) is 1.10. The van der Waals surface area contributed by atoms with E-state index in [1.54, 1.807) is 0 Å². The summed E-state index contributed by atoms with van der Waals surface area (Å²) in [5.74, 6) is 1.08. The molecule has 1 aromatic carbocycles. The molecule has 3 atom stereocenters. The third-order valence-corrected chi connectivity index (χ3v) is 6.40. The van der Waals surface area contributed by atoms with Crippen LogP contribution in [0.2, 0.25) is 0 Å². The van der Waals surface area contributed by atoms with Crippen molar-refractivity contribution in [3.05, 3.63) is 30.0 Å². The molecule has 1 N–H and O–H groups in total. The molecule has 29 heavy (non-hydrogen) atoms. The number of nitrogens with one attached hydrogen (secondary N) is 1. The number of piperidine rings is 1. The fourth-order valence-corrected chi connectivity index (χ4v) is 5.01. The van der Waals surface area contributed by atoms with Crippen molar-refractivity contribution in [3.8, 4) is 5.75 Å². The first-order valence-electron chi connectivity index (χ1n) is 10.6. The predicted octanol–water partition coefficient (Wildman–Crippen LogP) is 5.97. The molecular weight excluding hydrogens is 367 g/mol. The van der Waals surface area contributed by atoms with Crippen molar-refractivity contribution in [1.82, 2.24) is 9.88 Å². The predicted molar refractivity (Wildman–Crippen MR) is 116 cm³/mol. The molecule has 1 amide bonds. The number of aromatic nitrogens is 1. The lowest BCUT2D eigenvalue weighted by Gasteiger charge is -2.46. The number of amides is 1. The van der Waals surface area contributed by atoms with Gasteiger partial charge in [0.05, 0.1) is 6.10 Å². The average Bonchev–Trinajstić information content (AvgIpc) is 3.06. The highest BCUT2D eigenvalue weighted by atomic mass is 19.1. The third kappa shape index (κ3) is 4.29. The Morgan fingerprint density at radius 3 is 2.90 bits per heavy atom. The van der Waals surface area contributed by atoms with Gasteiger partial charge < -0.3 is 14.6 Å². The number of carbonyl (C=O) groups is 1. The van der Waals surface area contributed by atoms with E-state index in [9.17, 15) is 9.18 Å². The first-order valence-corrected chi connectivity index (χ1v) is 10.6. The summed E-state index contributed by atoms with van der Waals surface area (Å²) in [6.45, 7) is 6.69. The number of hydrogen-bond acceptors (Lipinski definition) is 2. The van der Waals surface area contributed by atoms with Crippen LogP contribution in [-0.4, -0.2) is 40.2 Å². The second-order valence-corrected chi connectivity index (χ2v) is 8.93. The van der Waals surface area contributed by atoms with Gasteiger partial charge in [-0.15, -0.1) is 0 Å². The minimum absolute atomic E-state index is 0. The van der Waals surface area contributed by atoms with Crippen molar-refractivity contribution < 1.29 is 13.9 Å². The van der Waals surface area contributed by atoms with Gasteiger partial charge in [-0.3, -0.25) is 4.79 Å². The zero-order valence-corrected chi connectivity index (χ0v) is 17.1. The first kappa shape index (κ1) is 21.7. The van der Waals surface area contributed by atoms with E-state index in [1.807, 2.05) is 43.1 Å². The zero-order chi connectivity index (χ0) is 19.9. The van der Waals surface area contributed by atoms with Crippen LogP contribution in [0.5, 0.6) is 5.75 Å². The van der Waals surface area contributed by atoms with E-state index in [1.165, 1.54) is 0 Å². The van der Waals surface area contributed by atoms with Gasteiger partial charge in [-0.2, -0.15) is 0 Å². The van der Waals surface area contributed by atoms with Crippen LogP contribution >= 0.6 is 0 Å². The van der Waals surface area contributed by atoms with Crippen LogP contribution in [0, 0.1) is 0 Å². The SMILES string of the molecule is C.CC(C)Oc1cccc2[nH]cc(C(C)CC(=O)N3CCC4(F)CCCC3C4)c12. The highest BCUT2D eigenvalue weighted by Gasteiger charge is 2.44. The molecule has 1 aliphatic carbocycles. The topological polar surface area (TPSA) is 45.3 Å². The van der Waals surface area contributed by atoms with E-state index >= 15 is 0 Å². The van der Waals surface area contributed by atoms with Crippen molar-refractivity contribution in [2.45, 2.75) is 90.5 Å². The van der Waals surface area contributed by atoms with Crippen LogP contribution in [-0.2, 0) is 4.79 Å². The monoisotopic (exact) mass is 402 g/mol. The Balaban J connectivity index is 0.00000240.